The van der Waals surface area contributed by atoms with Gasteiger partial charge in [-0.15, -0.1) is 4.91 Å². The van der Waals surface area contributed by atoms with Crippen molar-refractivity contribution in [1.29, 1.82) is 0 Å². The number of fused-ring (bicyclic) bond motifs is 1. The molecule has 0 N–H and O–H groups in total. The van der Waals surface area contributed by atoms with Crippen LogP contribution in [0.15, 0.2) is 21.9 Å². The molecule has 0 saturated heterocycles. The Labute approximate surface area is 101 Å². The van der Waals surface area contributed by atoms with E-state index in [1.807, 2.05) is 19.2 Å². The van der Waals surface area contributed by atoms with Crippen LogP contribution in [0.3, 0.4) is 0 Å². The molecule has 0 aromatic carbocycles. The summed E-state index contributed by atoms with van der Waals surface area (Å²) in [5.74, 6) is 0.437. The number of rotatable bonds is 2. The summed E-state index contributed by atoms with van der Waals surface area (Å²) >= 11 is 3.46. The fraction of sp³-hybridized carbons (Fsp3) is 0.364. The Kier molecular flexibility index (Phi) is 2.10. The van der Waals surface area contributed by atoms with Crippen molar-refractivity contribution in [1.82, 2.24) is 9.61 Å². The number of hydrogen-bond acceptors (Lipinski definition) is 3. The van der Waals surface area contributed by atoms with Crippen LogP contribution in [0.1, 0.15) is 30.0 Å². The van der Waals surface area contributed by atoms with Crippen molar-refractivity contribution in [3.05, 3.63) is 32.9 Å². The minimum absolute atomic E-state index is 0.437. The summed E-state index contributed by atoms with van der Waals surface area (Å²) in [6, 6.07) is 1.91. The van der Waals surface area contributed by atoms with E-state index in [2.05, 4.69) is 26.2 Å². The van der Waals surface area contributed by atoms with Crippen LogP contribution in [-0.4, -0.2) is 9.61 Å². The van der Waals surface area contributed by atoms with Gasteiger partial charge in [0.1, 0.15) is 0 Å². The summed E-state index contributed by atoms with van der Waals surface area (Å²) in [6.07, 6.45) is 4.15. The van der Waals surface area contributed by atoms with Crippen molar-refractivity contribution in [2.45, 2.75) is 25.7 Å². The highest BCUT2D eigenvalue weighted by Gasteiger charge is 2.31. The van der Waals surface area contributed by atoms with Gasteiger partial charge in [-0.3, -0.25) is 0 Å². The summed E-state index contributed by atoms with van der Waals surface area (Å²) in [4.78, 5) is 10.9. The summed E-state index contributed by atoms with van der Waals surface area (Å²) in [6.45, 7) is 2.00. The van der Waals surface area contributed by atoms with Crippen LogP contribution in [0.2, 0.25) is 0 Å². The molecule has 0 radical (unpaired) electrons. The van der Waals surface area contributed by atoms with E-state index in [0.717, 1.165) is 34.1 Å². The van der Waals surface area contributed by atoms with Gasteiger partial charge in [-0.05, 0) is 36.6 Å². The fourth-order valence-corrected chi connectivity index (χ4v) is 2.21. The first-order valence-corrected chi connectivity index (χ1v) is 6.01. The largest absolute Gasteiger partial charge is 0.238 e. The monoisotopic (exact) mass is 279 g/mol. The van der Waals surface area contributed by atoms with Crippen LogP contribution in [0.5, 0.6) is 0 Å². The molecule has 1 aliphatic carbocycles. The van der Waals surface area contributed by atoms with Gasteiger partial charge in [-0.2, -0.15) is 5.10 Å². The summed E-state index contributed by atoms with van der Waals surface area (Å²) < 4.78 is 2.73. The van der Waals surface area contributed by atoms with E-state index >= 15 is 0 Å². The normalized spacial score (nSPS) is 15.6. The number of pyridine rings is 1. The Balaban J connectivity index is 2.33. The predicted octanol–water partition coefficient (Wildman–Crippen LogP) is 3.68. The van der Waals surface area contributed by atoms with Gasteiger partial charge in [-0.1, -0.05) is 15.9 Å². The van der Waals surface area contributed by atoms with E-state index < -0.39 is 0 Å². The minimum Gasteiger partial charge on any atom is -0.238 e. The van der Waals surface area contributed by atoms with Gasteiger partial charge in [0, 0.05) is 16.6 Å². The lowest BCUT2D eigenvalue weighted by molar-refractivity contribution is 0.885. The quantitative estimate of drug-likeness (QED) is 0.788. The van der Waals surface area contributed by atoms with Crippen LogP contribution >= 0.6 is 15.9 Å². The molecule has 2 aromatic heterocycles. The maximum Gasteiger partial charge on any atom is 0.157 e. The molecule has 4 nitrogen and oxygen atoms in total. The lowest BCUT2D eigenvalue weighted by Crippen LogP contribution is -1.89. The number of aryl methyl sites for hydroxylation is 1. The van der Waals surface area contributed by atoms with Crippen LogP contribution in [0, 0.1) is 11.8 Å². The second kappa shape index (κ2) is 3.38. The predicted molar refractivity (Wildman–Crippen MR) is 65.1 cm³/mol. The van der Waals surface area contributed by atoms with Gasteiger partial charge < -0.3 is 0 Å². The highest BCUT2D eigenvalue weighted by molar-refractivity contribution is 9.10. The third kappa shape index (κ3) is 1.38. The second-order valence-corrected chi connectivity index (χ2v) is 5.09. The van der Waals surface area contributed by atoms with Gasteiger partial charge in [0.2, 0.25) is 0 Å². The number of aromatic nitrogens is 2. The number of nitrogens with zero attached hydrogens (tertiary/aromatic N) is 3. The molecule has 16 heavy (non-hydrogen) atoms. The third-order valence-corrected chi connectivity index (χ3v) is 3.81. The maximum atomic E-state index is 10.9. The highest BCUT2D eigenvalue weighted by Crippen LogP contribution is 2.45. The fourth-order valence-electron chi connectivity index (χ4n) is 1.89. The maximum absolute atomic E-state index is 10.9. The second-order valence-electron chi connectivity index (χ2n) is 4.23. The van der Waals surface area contributed by atoms with E-state index in [1.54, 1.807) is 4.52 Å². The van der Waals surface area contributed by atoms with Crippen LogP contribution in [-0.2, 0) is 0 Å². The Hall–Kier alpha value is -1.23. The molecule has 1 saturated carbocycles. The molecule has 0 amide bonds. The van der Waals surface area contributed by atoms with Crippen molar-refractivity contribution >= 4 is 27.1 Å². The van der Waals surface area contributed by atoms with Crippen LogP contribution in [0.4, 0.5) is 5.69 Å². The number of hydrogen-bond donors (Lipinski definition) is 0. The third-order valence-electron chi connectivity index (χ3n) is 2.96. The lowest BCUT2D eigenvalue weighted by atomic mass is 10.2. The molecule has 0 spiro atoms. The molecule has 2 aromatic rings. The molecular weight excluding hydrogens is 270 g/mol. The van der Waals surface area contributed by atoms with Crippen molar-refractivity contribution < 1.29 is 0 Å². The smallest absolute Gasteiger partial charge is 0.157 e. The van der Waals surface area contributed by atoms with E-state index in [9.17, 15) is 4.91 Å². The molecule has 0 aliphatic heterocycles. The first-order valence-electron chi connectivity index (χ1n) is 5.22. The van der Waals surface area contributed by atoms with Gasteiger partial charge in [0.25, 0.3) is 0 Å². The zero-order valence-electron chi connectivity index (χ0n) is 8.77. The van der Waals surface area contributed by atoms with E-state index in [-0.39, 0.29) is 0 Å². The zero-order chi connectivity index (χ0) is 11.3. The topological polar surface area (TPSA) is 46.7 Å². The van der Waals surface area contributed by atoms with Crippen LogP contribution < -0.4 is 0 Å². The average molecular weight is 280 g/mol. The SMILES string of the molecule is Cc1cn2nc(C3CC3)c(N=O)c2cc1Br. The standard InChI is InChI=1S/C11H10BrN3O/c1-6-5-15-9(4-8(6)12)11(14-16)10(13-15)7-2-3-7/h4-5,7H,2-3H2,1H3. The lowest BCUT2D eigenvalue weighted by Gasteiger charge is -1.98. The molecule has 1 aliphatic rings. The summed E-state index contributed by atoms with van der Waals surface area (Å²) in [5.41, 5.74) is 3.24. The van der Waals surface area contributed by atoms with Crippen LogP contribution in [0.25, 0.3) is 5.52 Å². The molecule has 3 rings (SSSR count). The Morgan fingerprint density at radius 1 is 1.56 bits per heavy atom. The number of nitroso groups, excluding NO2 is 1. The summed E-state index contributed by atoms with van der Waals surface area (Å²) in [5, 5.41) is 7.59. The first-order chi connectivity index (χ1) is 7.70. The van der Waals surface area contributed by atoms with Crippen molar-refractivity contribution in [2.24, 2.45) is 5.18 Å². The van der Waals surface area contributed by atoms with E-state index in [4.69, 9.17) is 0 Å². The van der Waals surface area contributed by atoms with E-state index in [1.165, 1.54) is 0 Å². The van der Waals surface area contributed by atoms with Crippen molar-refractivity contribution in [3.63, 3.8) is 0 Å². The van der Waals surface area contributed by atoms with Gasteiger partial charge in [0.15, 0.2) is 5.69 Å². The molecule has 82 valence electrons. The molecule has 0 atom stereocenters. The van der Waals surface area contributed by atoms with Gasteiger partial charge in [0.05, 0.1) is 11.2 Å². The summed E-state index contributed by atoms with van der Waals surface area (Å²) in [7, 11) is 0. The highest BCUT2D eigenvalue weighted by atomic mass is 79.9. The number of halogens is 1. The van der Waals surface area contributed by atoms with Crippen molar-refractivity contribution in [2.75, 3.05) is 0 Å². The first kappa shape index (κ1) is 9.96. The van der Waals surface area contributed by atoms with Gasteiger partial charge >= 0.3 is 0 Å². The molecule has 0 bridgehead atoms. The Morgan fingerprint density at radius 2 is 2.31 bits per heavy atom. The molecule has 2 heterocycles. The van der Waals surface area contributed by atoms with Gasteiger partial charge in [-0.25, -0.2) is 4.52 Å². The molecule has 1 fully saturated rings. The zero-order valence-corrected chi connectivity index (χ0v) is 10.4. The minimum atomic E-state index is 0.437. The molecule has 5 heteroatoms. The average Bonchev–Trinajstić information content (AvgIpc) is 3.03. The van der Waals surface area contributed by atoms with E-state index in [0.29, 0.717) is 11.6 Å². The van der Waals surface area contributed by atoms with Crippen molar-refractivity contribution in [3.8, 4) is 0 Å². The Morgan fingerprint density at radius 3 is 2.94 bits per heavy atom. The molecule has 0 unspecified atom stereocenters. The molecular formula is C11H10BrN3O. The Bertz CT molecular complexity index is 586.